The second-order valence-electron chi connectivity index (χ2n) is 3.07. The van der Waals surface area contributed by atoms with Crippen LogP contribution in [0.15, 0.2) is 17.6 Å². The predicted octanol–water partition coefficient (Wildman–Crippen LogP) is 3.13. The first-order chi connectivity index (χ1) is 6.41. The molecule has 74 valence electrons. The Morgan fingerprint density at radius 1 is 1.00 bits per heavy atom. The summed E-state index contributed by atoms with van der Waals surface area (Å²) in [5.41, 5.74) is 0. The van der Waals surface area contributed by atoms with Crippen molar-refractivity contribution in [3.63, 3.8) is 0 Å². The third-order valence-corrected chi connectivity index (χ3v) is 1.91. The van der Waals surface area contributed by atoms with Crippen LogP contribution in [0, 0.1) is 0 Å². The highest BCUT2D eigenvalue weighted by Gasteiger charge is 1.88. The molecule has 0 aliphatic rings. The molecule has 0 N–H and O–H groups in total. The first kappa shape index (κ1) is 12.1. The van der Waals surface area contributed by atoms with Gasteiger partial charge in [0.05, 0.1) is 0 Å². The molecule has 13 heavy (non-hydrogen) atoms. The number of carbonyl (C=O) groups excluding carboxylic acids is 1. The van der Waals surface area contributed by atoms with Crippen LogP contribution in [0.25, 0.3) is 0 Å². The summed E-state index contributed by atoms with van der Waals surface area (Å²) < 4.78 is 0. The van der Waals surface area contributed by atoms with Crippen molar-refractivity contribution in [3.8, 4) is 0 Å². The van der Waals surface area contributed by atoms with Gasteiger partial charge in [-0.3, -0.25) is 4.79 Å². The zero-order valence-corrected chi connectivity index (χ0v) is 8.24. The summed E-state index contributed by atoms with van der Waals surface area (Å²) in [6, 6.07) is 0. The normalized spacial score (nSPS) is 10.5. The number of allylic oxidation sites excluding steroid dienone is 1. The number of hydrogen-bond donors (Lipinski definition) is 0. The summed E-state index contributed by atoms with van der Waals surface area (Å²) in [5.74, 6) is 0. The maximum Gasteiger partial charge on any atom is 0.232 e. The Kier molecular flexibility index (Phi) is 10.3. The molecule has 0 aliphatic heterocycles. The molecular formula is C11H19NO. The lowest BCUT2D eigenvalue weighted by Crippen LogP contribution is -1.80. The van der Waals surface area contributed by atoms with Crippen molar-refractivity contribution in [1.82, 2.24) is 0 Å². The van der Waals surface area contributed by atoms with E-state index in [4.69, 9.17) is 0 Å². The van der Waals surface area contributed by atoms with Crippen LogP contribution >= 0.6 is 0 Å². The zero-order valence-electron chi connectivity index (χ0n) is 8.24. The molecule has 0 radical (unpaired) electrons. The van der Waals surface area contributed by atoms with Gasteiger partial charge in [0.25, 0.3) is 0 Å². The van der Waals surface area contributed by atoms with Crippen LogP contribution in [0.2, 0.25) is 0 Å². The molecular weight excluding hydrogens is 162 g/mol. The van der Waals surface area contributed by atoms with Gasteiger partial charge >= 0.3 is 0 Å². The van der Waals surface area contributed by atoms with Gasteiger partial charge in [0, 0.05) is 6.21 Å². The van der Waals surface area contributed by atoms with E-state index in [0.29, 0.717) is 6.41 Å². The van der Waals surface area contributed by atoms with Crippen molar-refractivity contribution in [3.05, 3.63) is 12.7 Å². The van der Waals surface area contributed by atoms with Crippen LogP contribution in [0.1, 0.15) is 44.9 Å². The molecule has 0 rings (SSSR count). The monoisotopic (exact) mass is 181 g/mol. The fourth-order valence-electron chi connectivity index (χ4n) is 1.17. The Balaban J connectivity index is 2.95. The Labute approximate surface area is 80.8 Å². The average Bonchev–Trinajstić information content (AvgIpc) is 2.16. The molecule has 0 heterocycles. The van der Waals surface area contributed by atoms with E-state index in [1.165, 1.54) is 25.7 Å². The van der Waals surface area contributed by atoms with Crippen molar-refractivity contribution in [2.24, 2.45) is 4.99 Å². The summed E-state index contributed by atoms with van der Waals surface area (Å²) in [6.45, 7) is 3.68. The lowest BCUT2D eigenvalue weighted by Gasteiger charge is -1.97. The topological polar surface area (TPSA) is 29.4 Å². The van der Waals surface area contributed by atoms with Crippen LogP contribution < -0.4 is 0 Å². The van der Waals surface area contributed by atoms with E-state index in [2.05, 4.69) is 11.6 Å². The Hall–Kier alpha value is -0.920. The molecule has 2 heteroatoms. The largest absolute Gasteiger partial charge is 0.276 e. The molecule has 2 nitrogen and oxygen atoms in total. The summed E-state index contributed by atoms with van der Waals surface area (Å²) >= 11 is 0. The number of unbranched alkanes of at least 4 members (excludes halogenated alkanes) is 6. The van der Waals surface area contributed by atoms with Gasteiger partial charge < -0.3 is 0 Å². The predicted molar refractivity (Wildman–Crippen MR) is 57.1 cm³/mol. The SMILES string of the molecule is C=CCCCCCCCC=NC=O. The van der Waals surface area contributed by atoms with Crippen LogP contribution in [0.5, 0.6) is 0 Å². The molecule has 0 saturated heterocycles. The van der Waals surface area contributed by atoms with E-state index < -0.39 is 0 Å². The Morgan fingerprint density at radius 2 is 1.62 bits per heavy atom. The molecule has 1 amide bonds. The van der Waals surface area contributed by atoms with Crippen molar-refractivity contribution in [2.75, 3.05) is 0 Å². The van der Waals surface area contributed by atoms with Crippen LogP contribution in [-0.4, -0.2) is 12.6 Å². The minimum Gasteiger partial charge on any atom is -0.276 e. The van der Waals surface area contributed by atoms with Crippen molar-refractivity contribution in [1.29, 1.82) is 0 Å². The van der Waals surface area contributed by atoms with Gasteiger partial charge in [-0.2, -0.15) is 0 Å². The highest BCUT2D eigenvalue weighted by molar-refractivity contribution is 5.68. The minimum absolute atomic E-state index is 0.587. The number of amides is 1. The second-order valence-corrected chi connectivity index (χ2v) is 3.07. The fraction of sp³-hybridized carbons (Fsp3) is 0.636. The summed E-state index contributed by atoms with van der Waals surface area (Å²) in [6.07, 6.45) is 12.5. The minimum atomic E-state index is 0.587. The van der Waals surface area contributed by atoms with Crippen LogP contribution in [0.3, 0.4) is 0 Å². The van der Waals surface area contributed by atoms with Crippen molar-refractivity contribution < 1.29 is 4.79 Å². The highest BCUT2D eigenvalue weighted by Crippen LogP contribution is 2.06. The molecule has 0 aliphatic carbocycles. The Bertz CT molecular complexity index is 152. The quantitative estimate of drug-likeness (QED) is 0.232. The number of hydrogen-bond acceptors (Lipinski definition) is 1. The molecule has 0 atom stereocenters. The number of carbonyl (C=O) groups is 1. The van der Waals surface area contributed by atoms with Gasteiger partial charge in [-0.25, -0.2) is 4.99 Å². The summed E-state index contributed by atoms with van der Waals surface area (Å²) in [7, 11) is 0. The van der Waals surface area contributed by atoms with E-state index >= 15 is 0 Å². The molecule has 0 aromatic heterocycles. The maximum absolute atomic E-state index is 9.80. The lowest BCUT2D eigenvalue weighted by molar-refractivity contribution is -0.106. The van der Waals surface area contributed by atoms with Crippen LogP contribution in [-0.2, 0) is 4.79 Å². The number of rotatable bonds is 9. The van der Waals surface area contributed by atoms with E-state index in [0.717, 1.165) is 19.3 Å². The standard InChI is InChI=1S/C11H19NO/c1-2-3-4-5-6-7-8-9-10-12-11-13/h2,10-11H,1,3-9H2. The number of nitrogens with zero attached hydrogens (tertiary/aromatic N) is 1. The summed E-state index contributed by atoms with van der Waals surface area (Å²) in [4.78, 5) is 13.3. The van der Waals surface area contributed by atoms with Crippen LogP contribution in [0.4, 0.5) is 0 Å². The highest BCUT2D eigenvalue weighted by atomic mass is 16.1. The third-order valence-electron chi connectivity index (χ3n) is 1.91. The molecule has 0 aromatic carbocycles. The second kappa shape index (κ2) is 11.1. The fourth-order valence-corrected chi connectivity index (χ4v) is 1.17. The average molecular weight is 181 g/mol. The van der Waals surface area contributed by atoms with Gasteiger partial charge in [-0.15, -0.1) is 6.58 Å². The molecule has 0 spiro atoms. The van der Waals surface area contributed by atoms with E-state index in [9.17, 15) is 4.79 Å². The Morgan fingerprint density at radius 3 is 2.23 bits per heavy atom. The first-order valence-corrected chi connectivity index (χ1v) is 4.98. The molecule has 0 unspecified atom stereocenters. The molecule has 0 bridgehead atoms. The molecule has 0 saturated carbocycles. The van der Waals surface area contributed by atoms with Crippen molar-refractivity contribution >= 4 is 12.6 Å². The van der Waals surface area contributed by atoms with E-state index in [-0.39, 0.29) is 0 Å². The zero-order chi connectivity index (χ0) is 9.78. The molecule has 0 aromatic rings. The first-order valence-electron chi connectivity index (χ1n) is 4.98. The summed E-state index contributed by atoms with van der Waals surface area (Å²) in [5, 5.41) is 0. The lowest BCUT2D eigenvalue weighted by atomic mass is 10.1. The van der Waals surface area contributed by atoms with Gasteiger partial charge in [-0.05, 0) is 25.7 Å². The van der Waals surface area contributed by atoms with Gasteiger partial charge in [0.15, 0.2) is 0 Å². The smallest absolute Gasteiger partial charge is 0.232 e. The number of aliphatic imine (C=N–C) groups is 1. The van der Waals surface area contributed by atoms with Crippen molar-refractivity contribution in [2.45, 2.75) is 44.9 Å². The van der Waals surface area contributed by atoms with E-state index in [1.54, 1.807) is 6.21 Å². The molecule has 0 fully saturated rings. The third kappa shape index (κ3) is 11.1. The maximum atomic E-state index is 9.80. The van der Waals surface area contributed by atoms with E-state index in [1.807, 2.05) is 6.08 Å². The van der Waals surface area contributed by atoms with Gasteiger partial charge in [-0.1, -0.05) is 25.3 Å². The van der Waals surface area contributed by atoms with Gasteiger partial charge in [0.2, 0.25) is 6.41 Å². The van der Waals surface area contributed by atoms with Gasteiger partial charge in [0.1, 0.15) is 0 Å².